The van der Waals surface area contributed by atoms with Gasteiger partial charge in [0.05, 0.1) is 17.4 Å². The van der Waals surface area contributed by atoms with Crippen LogP contribution in [0, 0.1) is 11.8 Å². The van der Waals surface area contributed by atoms with Crippen LogP contribution in [0.15, 0.2) is 0 Å². The van der Waals surface area contributed by atoms with Crippen LogP contribution < -0.4 is 0 Å². The number of hydrogen-bond donors (Lipinski definition) is 2. The van der Waals surface area contributed by atoms with Gasteiger partial charge in [-0.2, -0.15) is 0 Å². The largest absolute Gasteiger partial charge is 0.481 e. The molecule has 5 nitrogen and oxygen atoms in total. The quantitative estimate of drug-likeness (QED) is 0.805. The Labute approximate surface area is 113 Å². The van der Waals surface area contributed by atoms with Gasteiger partial charge in [0.25, 0.3) is 0 Å². The summed E-state index contributed by atoms with van der Waals surface area (Å²) in [5, 5.41) is 19.4. The lowest BCUT2D eigenvalue weighted by Crippen LogP contribution is -2.45. The number of carbonyl (C=O) groups is 2. The second-order valence-electron chi connectivity index (χ2n) is 6.11. The molecule has 108 valence electrons. The highest BCUT2D eigenvalue weighted by Gasteiger charge is 2.41. The number of rotatable bonds is 4. The summed E-state index contributed by atoms with van der Waals surface area (Å²) in [5.74, 6) is -1.95. The maximum absolute atomic E-state index is 12.3. The lowest BCUT2D eigenvalue weighted by atomic mass is 9.94. The number of carboxylic acids is 1. The van der Waals surface area contributed by atoms with Crippen molar-refractivity contribution in [2.75, 3.05) is 13.6 Å². The van der Waals surface area contributed by atoms with Gasteiger partial charge in [-0.3, -0.25) is 9.59 Å². The topological polar surface area (TPSA) is 77.8 Å². The lowest BCUT2D eigenvalue weighted by Gasteiger charge is -2.31. The molecule has 0 aromatic rings. The number of hydrogen-bond acceptors (Lipinski definition) is 3. The van der Waals surface area contributed by atoms with Crippen molar-refractivity contribution in [1.82, 2.24) is 4.90 Å². The molecule has 5 heteroatoms. The molecule has 2 N–H and O–H groups in total. The third-order valence-corrected chi connectivity index (χ3v) is 4.59. The first-order chi connectivity index (χ1) is 8.93. The zero-order chi connectivity index (χ0) is 14.0. The van der Waals surface area contributed by atoms with Gasteiger partial charge >= 0.3 is 5.97 Å². The Morgan fingerprint density at radius 1 is 1.16 bits per heavy atom. The molecule has 0 aliphatic heterocycles. The number of aliphatic hydroxyl groups is 1. The highest BCUT2D eigenvalue weighted by Crippen LogP contribution is 2.35. The van der Waals surface area contributed by atoms with Gasteiger partial charge in [-0.05, 0) is 25.7 Å². The fraction of sp³-hybridized carbons (Fsp3) is 0.857. The van der Waals surface area contributed by atoms with E-state index in [2.05, 4.69) is 0 Å². The van der Waals surface area contributed by atoms with Crippen molar-refractivity contribution >= 4 is 11.9 Å². The Morgan fingerprint density at radius 2 is 1.74 bits per heavy atom. The van der Waals surface area contributed by atoms with E-state index >= 15 is 0 Å². The van der Waals surface area contributed by atoms with Gasteiger partial charge in [0.2, 0.25) is 5.91 Å². The molecule has 2 fully saturated rings. The van der Waals surface area contributed by atoms with Crippen molar-refractivity contribution in [3.8, 4) is 0 Å². The van der Waals surface area contributed by atoms with Gasteiger partial charge < -0.3 is 15.1 Å². The van der Waals surface area contributed by atoms with Gasteiger partial charge in [-0.15, -0.1) is 0 Å². The predicted octanol–water partition coefficient (Wildman–Crippen LogP) is 1.25. The molecule has 19 heavy (non-hydrogen) atoms. The highest BCUT2D eigenvalue weighted by atomic mass is 16.4. The van der Waals surface area contributed by atoms with Crippen molar-refractivity contribution < 1.29 is 19.8 Å². The summed E-state index contributed by atoms with van der Waals surface area (Å²) in [6.07, 6.45) is 5.50. The van der Waals surface area contributed by atoms with Crippen LogP contribution in [0.1, 0.15) is 44.9 Å². The molecule has 0 aromatic carbocycles. The second-order valence-corrected chi connectivity index (χ2v) is 6.11. The monoisotopic (exact) mass is 269 g/mol. The first-order valence-electron chi connectivity index (χ1n) is 7.13. The molecule has 2 rings (SSSR count). The normalized spacial score (nSPS) is 29.4. The number of amides is 1. The van der Waals surface area contributed by atoms with Crippen molar-refractivity contribution in [3.63, 3.8) is 0 Å². The molecule has 2 aliphatic carbocycles. The number of carbonyl (C=O) groups excluding carboxylic acids is 1. The smallest absolute Gasteiger partial charge is 0.307 e. The van der Waals surface area contributed by atoms with Crippen LogP contribution in [-0.2, 0) is 9.59 Å². The average Bonchev–Trinajstić information content (AvgIpc) is 2.96. The van der Waals surface area contributed by atoms with E-state index in [0.717, 1.165) is 32.1 Å². The second kappa shape index (κ2) is 5.49. The van der Waals surface area contributed by atoms with Crippen molar-refractivity contribution in [2.24, 2.45) is 11.8 Å². The van der Waals surface area contributed by atoms with E-state index in [1.54, 1.807) is 7.05 Å². The van der Waals surface area contributed by atoms with Crippen LogP contribution in [0.25, 0.3) is 0 Å². The number of nitrogens with zero attached hydrogens (tertiary/aromatic N) is 1. The van der Waals surface area contributed by atoms with Crippen LogP contribution >= 0.6 is 0 Å². The van der Waals surface area contributed by atoms with E-state index in [9.17, 15) is 14.7 Å². The van der Waals surface area contributed by atoms with Gasteiger partial charge in [0.15, 0.2) is 0 Å². The zero-order valence-corrected chi connectivity index (χ0v) is 11.5. The molecular weight excluding hydrogens is 246 g/mol. The standard InChI is InChI=1S/C14H23NO4/c1-15(9-14(19)7-2-3-8-14)12(16)10-5-4-6-11(10)13(17)18/h10-11,19H,2-9H2,1H3,(H,17,18)/t10-,11+/m1/s1. The van der Waals surface area contributed by atoms with Crippen LogP contribution in [0.3, 0.4) is 0 Å². The van der Waals surface area contributed by atoms with Gasteiger partial charge in [0, 0.05) is 13.6 Å². The molecule has 2 aliphatic rings. The van der Waals surface area contributed by atoms with E-state index in [0.29, 0.717) is 19.4 Å². The minimum Gasteiger partial charge on any atom is -0.481 e. The molecular formula is C14H23NO4. The summed E-state index contributed by atoms with van der Waals surface area (Å²) in [4.78, 5) is 25.0. The number of aliphatic carboxylic acids is 1. The average molecular weight is 269 g/mol. The Morgan fingerprint density at radius 3 is 2.32 bits per heavy atom. The summed E-state index contributed by atoms with van der Waals surface area (Å²) in [6.45, 7) is 0.328. The Hall–Kier alpha value is -1.10. The molecule has 2 atom stereocenters. The Kier molecular flexibility index (Phi) is 4.13. The molecule has 0 saturated heterocycles. The van der Waals surface area contributed by atoms with Gasteiger partial charge in [0.1, 0.15) is 0 Å². The Balaban J connectivity index is 1.96. The Bertz CT molecular complexity index is 362. The van der Waals surface area contributed by atoms with Crippen LogP contribution in [-0.4, -0.2) is 46.2 Å². The fourth-order valence-corrected chi connectivity index (χ4v) is 3.54. The first-order valence-corrected chi connectivity index (χ1v) is 7.13. The molecule has 0 bridgehead atoms. The zero-order valence-electron chi connectivity index (χ0n) is 11.5. The molecule has 0 heterocycles. The van der Waals surface area contributed by atoms with Crippen LogP contribution in [0.5, 0.6) is 0 Å². The van der Waals surface area contributed by atoms with E-state index in [-0.39, 0.29) is 5.91 Å². The number of likely N-dealkylation sites (N-methyl/N-ethyl adjacent to an activating group) is 1. The lowest BCUT2D eigenvalue weighted by molar-refractivity contribution is -0.149. The summed E-state index contributed by atoms with van der Waals surface area (Å²) >= 11 is 0. The first kappa shape index (κ1) is 14.3. The molecule has 2 saturated carbocycles. The van der Waals surface area contributed by atoms with Crippen LogP contribution in [0.2, 0.25) is 0 Å². The maximum Gasteiger partial charge on any atom is 0.307 e. The fourth-order valence-electron chi connectivity index (χ4n) is 3.54. The minimum absolute atomic E-state index is 0.120. The highest BCUT2D eigenvalue weighted by molar-refractivity contribution is 5.85. The summed E-state index contributed by atoms with van der Waals surface area (Å²) in [5.41, 5.74) is -0.762. The van der Waals surface area contributed by atoms with E-state index < -0.39 is 23.4 Å². The predicted molar refractivity (Wildman–Crippen MR) is 69.5 cm³/mol. The molecule has 0 unspecified atom stereocenters. The molecule has 1 amide bonds. The third kappa shape index (κ3) is 3.08. The van der Waals surface area contributed by atoms with Crippen LogP contribution in [0.4, 0.5) is 0 Å². The van der Waals surface area contributed by atoms with Gasteiger partial charge in [-0.25, -0.2) is 0 Å². The third-order valence-electron chi connectivity index (χ3n) is 4.59. The maximum atomic E-state index is 12.3. The summed E-state index contributed by atoms with van der Waals surface area (Å²) in [6, 6.07) is 0. The SMILES string of the molecule is CN(CC1(O)CCCC1)C(=O)[C@@H]1CCC[C@@H]1C(=O)O. The summed E-state index contributed by atoms with van der Waals surface area (Å²) < 4.78 is 0. The molecule has 0 spiro atoms. The molecule has 0 aromatic heterocycles. The number of carboxylic acid groups (broad SMARTS) is 1. The van der Waals surface area contributed by atoms with Crippen molar-refractivity contribution in [2.45, 2.75) is 50.5 Å². The van der Waals surface area contributed by atoms with Crippen molar-refractivity contribution in [3.05, 3.63) is 0 Å². The summed E-state index contributed by atoms with van der Waals surface area (Å²) in [7, 11) is 1.68. The molecule has 0 radical (unpaired) electrons. The van der Waals surface area contributed by atoms with E-state index in [4.69, 9.17) is 5.11 Å². The minimum atomic E-state index is -0.871. The van der Waals surface area contributed by atoms with Gasteiger partial charge in [-0.1, -0.05) is 19.3 Å². The van der Waals surface area contributed by atoms with E-state index in [1.165, 1.54) is 4.90 Å². The van der Waals surface area contributed by atoms with Crippen molar-refractivity contribution in [1.29, 1.82) is 0 Å². The van der Waals surface area contributed by atoms with E-state index in [1.807, 2.05) is 0 Å².